The van der Waals surface area contributed by atoms with Gasteiger partial charge >= 0.3 is 0 Å². The smallest absolute Gasteiger partial charge is 0.225 e. The summed E-state index contributed by atoms with van der Waals surface area (Å²) in [6, 6.07) is 17.5. The second-order valence-electron chi connectivity index (χ2n) is 4.65. The van der Waals surface area contributed by atoms with Crippen molar-refractivity contribution in [3.05, 3.63) is 66.4 Å². The Balaban J connectivity index is 2.06. The Kier molecular flexibility index (Phi) is 3.35. The van der Waals surface area contributed by atoms with E-state index in [9.17, 15) is 5.11 Å². The second-order valence-corrected chi connectivity index (χ2v) is 4.65. The molecule has 20 heavy (non-hydrogen) atoms. The van der Waals surface area contributed by atoms with Crippen LogP contribution < -0.4 is 4.74 Å². The highest BCUT2D eigenvalue weighted by atomic mass is 16.5. The van der Waals surface area contributed by atoms with Gasteiger partial charge in [-0.2, -0.15) is 0 Å². The summed E-state index contributed by atoms with van der Waals surface area (Å²) in [6.07, 6.45) is 1.04. The zero-order valence-electron chi connectivity index (χ0n) is 11.2. The molecule has 0 saturated carbocycles. The highest BCUT2D eigenvalue weighted by Crippen LogP contribution is 2.32. The number of aromatic nitrogens is 1. The van der Waals surface area contributed by atoms with E-state index in [0.717, 1.165) is 16.5 Å². The summed E-state index contributed by atoms with van der Waals surface area (Å²) in [5.41, 5.74) is 0.681. The number of nitrogens with zero attached hydrogens (tertiary/aromatic N) is 1. The lowest BCUT2D eigenvalue weighted by Gasteiger charge is -2.13. The zero-order chi connectivity index (χ0) is 13.9. The van der Waals surface area contributed by atoms with Gasteiger partial charge in [0.05, 0.1) is 6.10 Å². The molecule has 3 heteroatoms. The highest BCUT2D eigenvalue weighted by Gasteiger charge is 2.11. The molecule has 0 aliphatic heterocycles. The maximum Gasteiger partial charge on any atom is 0.225 e. The Bertz CT molecular complexity index is 732. The molecule has 0 bridgehead atoms. The topological polar surface area (TPSA) is 42.4 Å². The molecule has 1 heterocycles. The van der Waals surface area contributed by atoms with Gasteiger partial charge in [0.2, 0.25) is 5.88 Å². The summed E-state index contributed by atoms with van der Waals surface area (Å²) in [5, 5.41) is 11.9. The Morgan fingerprint density at radius 3 is 2.65 bits per heavy atom. The SMILES string of the molecule is C[C@@H](O)c1cccnc1Oc1cccc2ccccc12. The maximum atomic E-state index is 9.78. The average molecular weight is 265 g/mol. The molecule has 0 radical (unpaired) electrons. The van der Waals surface area contributed by atoms with Crippen LogP contribution >= 0.6 is 0 Å². The fourth-order valence-electron chi connectivity index (χ4n) is 2.20. The molecular weight excluding hydrogens is 250 g/mol. The third-order valence-corrected chi connectivity index (χ3v) is 3.21. The van der Waals surface area contributed by atoms with Crippen molar-refractivity contribution in [1.29, 1.82) is 0 Å². The molecule has 0 saturated heterocycles. The Hall–Kier alpha value is -2.39. The molecule has 1 aromatic heterocycles. The lowest BCUT2D eigenvalue weighted by atomic mass is 10.1. The summed E-state index contributed by atoms with van der Waals surface area (Å²) in [5.74, 6) is 1.18. The first-order chi connectivity index (χ1) is 9.75. The highest BCUT2D eigenvalue weighted by molar-refractivity contribution is 5.88. The van der Waals surface area contributed by atoms with Crippen LogP contribution in [0.15, 0.2) is 60.8 Å². The van der Waals surface area contributed by atoms with E-state index < -0.39 is 6.10 Å². The molecule has 0 spiro atoms. The molecule has 0 aliphatic carbocycles. The minimum Gasteiger partial charge on any atom is -0.438 e. The monoisotopic (exact) mass is 265 g/mol. The molecule has 1 atom stereocenters. The van der Waals surface area contributed by atoms with Crippen molar-refractivity contribution >= 4 is 10.8 Å². The molecule has 3 nitrogen and oxygen atoms in total. The van der Waals surface area contributed by atoms with Gasteiger partial charge in [0.25, 0.3) is 0 Å². The van der Waals surface area contributed by atoms with Gasteiger partial charge in [-0.3, -0.25) is 0 Å². The third kappa shape index (κ3) is 2.36. The quantitative estimate of drug-likeness (QED) is 0.775. The van der Waals surface area contributed by atoms with Crippen molar-refractivity contribution in [2.45, 2.75) is 13.0 Å². The minimum absolute atomic E-state index is 0.443. The van der Waals surface area contributed by atoms with Crippen molar-refractivity contribution < 1.29 is 9.84 Å². The van der Waals surface area contributed by atoms with Crippen LogP contribution in [0.4, 0.5) is 0 Å². The number of pyridine rings is 1. The lowest BCUT2D eigenvalue weighted by Crippen LogP contribution is -1.98. The first-order valence-electron chi connectivity index (χ1n) is 6.54. The number of ether oxygens (including phenoxy) is 1. The van der Waals surface area contributed by atoms with Gasteiger partial charge < -0.3 is 9.84 Å². The fourth-order valence-corrected chi connectivity index (χ4v) is 2.20. The summed E-state index contributed by atoms with van der Waals surface area (Å²) in [7, 11) is 0. The predicted octanol–water partition coefficient (Wildman–Crippen LogP) is 4.08. The molecule has 3 aromatic rings. The van der Waals surface area contributed by atoms with Gasteiger partial charge in [-0.1, -0.05) is 36.4 Å². The summed E-state index contributed by atoms with van der Waals surface area (Å²) in [4.78, 5) is 4.22. The number of aliphatic hydroxyl groups is 1. The van der Waals surface area contributed by atoms with Crippen molar-refractivity contribution in [2.24, 2.45) is 0 Å². The lowest BCUT2D eigenvalue weighted by molar-refractivity contribution is 0.194. The van der Waals surface area contributed by atoms with Crippen LogP contribution in [0.5, 0.6) is 11.6 Å². The number of hydrogen-bond acceptors (Lipinski definition) is 3. The number of fused-ring (bicyclic) bond motifs is 1. The summed E-state index contributed by atoms with van der Waals surface area (Å²) < 4.78 is 5.91. The van der Waals surface area contributed by atoms with Crippen LogP contribution in [0.3, 0.4) is 0 Å². The van der Waals surface area contributed by atoms with Crippen molar-refractivity contribution in [1.82, 2.24) is 4.98 Å². The van der Waals surface area contributed by atoms with E-state index in [0.29, 0.717) is 11.4 Å². The second kappa shape index (κ2) is 5.31. The molecule has 3 rings (SSSR count). The van der Waals surface area contributed by atoms with E-state index in [4.69, 9.17) is 4.74 Å². The first-order valence-corrected chi connectivity index (χ1v) is 6.54. The van der Waals surface area contributed by atoms with Crippen LogP contribution in [0.1, 0.15) is 18.6 Å². The number of benzene rings is 2. The van der Waals surface area contributed by atoms with Crippen molar-refractivity contribution in [3.8, 4) is 11.6 Å². The third-order valence-electron chi connectivity index (χ3n) is 3.21. The van der Waals surface area contributed by atoms with Crippen molar-refractivity contribution in [3.63, 3.8) is 0 Å². The molecular formula is C17H15NO2. The number of hydrogen-bond donors (Lipinski definition) is 1. The van der Waals surface area contributed by atoms with Gasteiger partial charge in [0, 0.05) is 17.1 Å². The van der Waals surface area contributed by atoms with E-state index in [2.05, 4.69) is 4.98 Å². The number of aliphatic hydroxyl groups excluding tert-OH is 1. The summed E-state index contributed by atoms with van der Waals surface area (Å²) in [6.45, 7) is 1.70. The van der Waals surface area contributed by atoms with E-state index in [-0.39, 0.29) is 0 Å². The molecule has 2 aromatic carbocycles. The maximum absolute atomic E-state index is 9.78. The first kappa shape index (κ1) is 12.6. The van der Waals surface area contributed by atoms with Gasteiger partial charge in [0.1, 0.15) is 5.75 Å². The minimum atomic E-state index is -0.617. The fraction of sp³-hybridized carbons (Fsp3) is 0.118. The standard InChI is InChI=1S/C17H15NO2/c1-12(19)14-9-5-11-18-17(14)20-16-10-4-7-13-6-2-3-8-15(13)16/h2-12,19H,1H3/t12-/m1/s1. The Labute approximate surface area is 117 Å². The average Bonchev–Trinajstić information content (AvgIpc) is 2.48. The van der Waals surface area contributed by atoms with E-state index in [1.54, 1.807) is 19.2 Å². The van der Waals surface area contributed by atoms with Crippen LogP contribution in [-0.4, -0.2) is 10.1 Å². The van der Waals surface area contributed by atoms with Gasteiger partial charge in [-0.15, -0.1) is 0 Å². The molecule has 0 amide bonds. The van der Waals surface area contributed by atoms with E-state index >= 15 is 0 Å². The van der Waals surface area contributed by atoms with Gasteiger partial charge in [0.15, 0.2) is 0 Å². The van der Waals surface area contributed by atoms with Gasteiger partial charge in [-0.25, -0.2) is 4.98 Å². The van der Waals surface area contributed by atoms with Crippen LogP contribution in [0.2, 0.25) is 0 Å². The normalized spacial score (nSPS) is 12.3. The molecule has 0 unspecified atom stereocenters. The molecule has 100 valence electrons. The van der Waals surface area contributed by atoms with Crippen LogP contribution in [0, 0.1) is 0 Å². The largest absolute Gasteiger partial charge is 0.438 e. The van der Waals surface area contributed by atoms with E-state index in [1.165, 1.54) is 0 Å². The van der Waals surface area contributed by atoms with Gasteiger partial charge in [-0.05, 0) is 30.5 Å². The zero-order valence-corrected chi connectivity index (χ0v) is 11.2. The van der Waals surface area contributed by atoms with Crippen molar-refractivity contribution in [2.75, 3.05) is 0 Å². The van der Waals surface area contributed by atoms with Crippen LogP contribution in [-0.2, 0) is 0 Å². The molecule has 0 aliphatic rings. The van der Waals surface area contributed by atoms with Crippen LogP contribution in [0.25, 0.3) is 10.8 Å². The summed E-state index contributed by atoms with van der Waals surface area (Å²) >= 11 is 0. The van der Waals surface area contributed by atoms with E-state index in [1.807, 2.05) is 48.5 Å². The predicted molar refractivity (Wildman–Crippen MR) is 78.9 cm³/mol. The molecule has 1 N–H and O–H groups in total. The molecule has 0 fully saturated rings. The number of rotatable bonds is 3. The Morgan fingerprint density at radius 1 is 1.00 bits per heavy atom. The Morgan fingerprint density at radius 2 is 1.80 bits per heavy atom.